The van der Waals surface area contributed by atoms with Crippen molar-refractivity contribution in [3.63, 3.8) is 0 Å². The molecule has 0 saturated heterocycles. The number of halogens is 1. The van der Waals surface area contributed by atoms with Crippen LogP contribution in [0.2, 0.25) is 0 Å². The zero-order valence-corrected chi connectivity index (χ0v) is 11.9. The van der Waals surface area contributed by atoms with Gasteiger partial charge in [0.1, 0.15) is 0 Å². The Morgan fingerprint density at radius 1 is 1.32 bits per heavy atom. The van der Waals surface area contributed by atoms with Crippen molar-refractivity contribution in [2.45, 2.75) is 13.8 Å². The lowest BCUT2D eigenvalue weighted by molar-refractivity contribution is 0.0686. The summed E-state index contributed by atoms with van der Waals surface area (Å²) in [6.07, 6.45) is 1.53. The van der Waals surface area contributed by atoms with Gasteiger partial charge in [-0.15, -0.1) is 0 Å². The fourth-order valence-corrected chi connectivity index (χ4v) is 2.05. The van der Waals surface area contributed by atoms with Crippen molar-refractivity contribution in [1.29, 1.82) is 0 Å². The van der Waals surface area contributed by atoms with Crippen molar-refractivity contribution < 1.29 is 9.90 Å². The second-order valence-electron chi connectivity index (χ2n) is 4.17. The number of hydrogen-bond donors (Lipinski definition) is 1. The van der Waals surface area contributed by atoms with E-state index in [0.29, 0.717) is 5.56 Å². The third-order valence-corrected chi connectivity index (χ3v) is 3.21. The largest absolute Gasteiger partial charge is 0.476 e. The van der Waals surface area contributed by atoms with Crippen LogP contribution >= 0.6 is 15.9 Å². The maximum Gasteiger partial charge on any atom is 0.360 e. The molecule has 1 N–H and O–H groups in total. The van der Waals surface area contributed by atoms with E-state index in [2.05, 4.69) is 21.0 Å². The fourth-order valence-electron chi connectivity index (χ4n) is 1.70. The average molecular weight is 323 g/mol. The zero-order chi connectivity index (χ0) is 14.2. The molecular formula is C13H11BrN2O3. The van der Waals surface area contributed by atoms with E-state index >= 15 is 0 Å². The number of rotatable bonds is 2. The smallest absolute Gasteiger partial charge is 0.360 e. The Morgan fingerprint density at radius 2 is 2.00 bits per heavy atom. The first-order chi connectivity index (χ1) is 8.90. The summed E-state index contributed by atoms with van der Waals surface area (Å²) >= 11 is 3.35. The van der Waals surface area contributed by atoms with Gasteiger partial charge < -0.3 is 5.11 Å². The van der Waals surface area contributed by atoms with Gasteiger partial charge >= 0.3 is 5.97 Å². The second-order valence-corrected chi connectivity index (χ2v) is 5.09. The summed E-state index contributed by atoms with van der Waals surface area (Å²) in [5.41, 5.74) is 0.956. The highest BCUT2D eigenvalue weighted by atomic mass is 79.9. The van der Waals surface area contributed by atoms with Gasteiger partial charge in [0.05, 0.1) is 5.69 Å². The lowest BCUT2D eigenvalue weighted by atomic mass is 10.2. The monoisotopic (exact) mass is 322 g/mol. The van der Waals surface area contributed by atoms with Crippen molar-refractivity contribution in [2.75, 3.05) is 0 Å². The molecule has 19 heavy (non-hydrogen) atoms. The van der Waals surface area contributed by atoms with Crippen LogP contribution in [0.3, 0.4) is 0 Å². The molecule has 5 nitrogen and oxygen atoms in total. The Hall–Kier alpha value is -1.95. The molecule has 0 aliphatic carbocycles. The van der Waals surface area contributed by atoms with Crippen LogP contribution in [-0.2, 0) is 0 Å². The topological polar surface area (TPSA) is 72.2 Å². The Balaban J connectivity index is 2.73. The molecule has 0 spiro atoms. The average Bonchev–Trinajstić information content (AvgIpc) is 2.35. The number of aryl methyl sites for hydroxylation is 2. The molecule has 0 aliphatic heterocycles. The summed E-state index contributed by atoms with van der Waals surface area (Å²) in [4.78, 5) is 22.7. The molecule has 6 heteroatoms. The van der Waals surface area contributed by atoms with Crippen LogP contribution in [0.25, 0.3) is 5.69 Å². The molecule has 0 bridgehead atoms. The lowest BCUT2D eigenvalue weighted by Crippen LogP contribution is -2.23. The van der Waals surface area contributed by atoms with Gasteiger partial charge in [-0.05, 0) is 31.5 Å². The number of nitrogens with zero attached hydrogens (tertiary/aromatic N) is 2. The third-order valence-electron chi connectivity index (χ3n) is 2.72. The minimum atomic E-state index is -1.32. The molecule has 0 atom stereocenters. The van der Waals surface area contributed by atoms with E-state index in [4.69, 9.17) is 5.11 Å². The third kappa shape index (κ3) is 2.58. The normalized spacial score (nSPS) is 10.5. The Bertz CT molecular complexity index is 722. The number of hydrogen-bond acceptors (Lipinski definition) is 3. The van der Waals surface area contributed by atoms with Gasteiger partial charge in [-0.2, -0.15) is 5.10 Å². The molecule has 2 aromatic rings. The number of carboxylic acids is 1. The molecule has 98 valence electrons. The molecule has 0 saturated carbocycles. The van der Waals surface area contributed by atoms with Gasteiger partial charge in [0.2, 0.25) is 11.1 Å². The van der Waals surface area contributed by atoms with Crippen LogP contribution in [0.4, 0.5) is 0 Å². The summed E-state index contributed by atoms with van der Waals surface area (Å²) in [6, 6.07) is 5.58. The quantitative estimate of drug-likeness (QED) is 0.920. The molecule has 1 aromatic heterocycles. The zero-order valence-electron chi connectivity index (χ0n) is 10.3. The standard InChI is InChI=1S/C13H11BrN2O3/c1-7-3-4-9(14)5-10(7)16-6-8(2)12(17)11(15-16)13(18)19/h3-6H,1-2H3,(H,18,19). The highest BCUT2D eigenvalue weighted by Gasteiger charge is 2.15. The van der Waals surface area contributed by atoms with E-state index in [9.17, 15) is 9.59 Å². The minimum absolute atomic E-state index is 0.340. The van der Waals surface area contributed by atoms with Gasteiger partial charge in [0.25, 0.3) is 0 Å². The van der Waals surface area contributed by atoms with Crippen LogP contribution < -0.4 is 5.43 Å². The highest BCUT2D eigenvalue weighted by Crippen LogP contribution is 2.19. The molecular weight excluding hydrogens is 312 g/mol. The van der Waals surface area contributed by atoms with Gasteiger partial charge in [0.15, 0.2) is 0 Å². The summed E-state index contributed by atoms with van der Waals surface area (Å²) in [5, 5.41) is 12.9. The predicted octanol–water partition coefficient (Wildman–Crippen LogP) is 2.31. The highest BCUT2D eigenvalue weighted by molar-refractivity contribution is 9.10. The molecule has 0 aliphatic rings. The molecule has 1 aromatic carbocycles. The van der Waals surface area contributed by atoms with Crippen LogP contribution in [0, 0.1) is 13.8 Å². The van der Waals surface area contributed by atoms with Gasteiger partial charge in [-0.3, -0.25) is 4.79 Å². The van der Waals surface area contributed by atoms with Crippen LogP contribution in [0.1, 0.15) is 21.6 Å². The van der Waals surface area contributed by atoms with Gasteiger partial charge in [0, 0.05) is 16.2 Å². The first kappa shape index (κ1) is 13.5. The Morgan fingerprint density at radius 3 is 2.63 bits per heavy atom. The van der Waals surface area contributed by atoms with Crippen molar-refractivity contribution >= 4 is 21.9 Å². The molecule has 0 unspecified atom stereocenters. The van der Waals surface area contributed by atoms with Crippen LogP contribution in [-0.4, -0.2) is 20.9 Å². The molecule has 0 fully saturated rings. The number of aromatic nitrogens is 2. The fraction of sp³-hybridized carbons (Fsp3) is 0.154. The van der Waals surface area contributed by atoms with Crippen molar-refractivity contribution in [1.82, 2.24) is 9.78 Å². The van der Waals surface area contributed by atoms with E-state index in [0.717, 1.165) is 15.7 Å². The molecule has 2 rings (SSSR count). The van der Waals surface area contributed by atoms with E-state index in [-0.39, 0.29) is 0 Å². The second kappa shape index (κ2) is 4.97. The summed E-state index contributed by atoms with van der Waals surface area (Å²) in [5.74, 6) is -1.32. The molecule has 0 amide bonds. The maximum atomic E-state index is 11.7. The maximum absolute atomic E-state index is 11.7. The number of carbonyl (C=O) groups is 1. The van der Waals surface area contributed by atoms with E-state index in [1.807, 2.05) is 25.1 Å². The van der Waals surface area contributed by atoms with Crippen molar-refractivity contribution in [2.24, 2.45) is 0 Å². The van der Waals surface area contributed by atoms with Crippen LogP contribution in [0.15, 0.2) is 33.7 Å². The summed E-state index contributed by atoms with van der Waals surface area (Å²) in [6.45, 7) is 3.46. The predicted molar refractivity (Wildman–Crippen MR) is 74.0 cm³/mol. The Kier molecular flexibility index (Phi) is 3.53. The Labute approximate surface area is 117 Å². The number of carboxylic acid groups (broad SMARTS) is 1. The van der Waals surface area contributed by atoms with E-state index in [1.165, 1.54) is 10.9 Å². The lowest BCUT2D eigenvalue weighted by Gasteiger charge is -2.10. The molecule has 1 heterocycles. The van der Waals surface area contributed by atoms with E-state index in [1.54, 1.807) is 6.92 Å². The first-order valence-electron chi connectivity index (χ1n) is 5.50. The van der Waals surface area contributed by atoms with Gasteiger partial charge in [-0.1, -0.05) is 22.0 Å². The molecule has 0 radical (unpaired) electrons. The first-order valence-corrected chi connectivity index (χ1v) is 6.30. The minimum Gasteiger partial charge on any atom is -0.476 e. The van der Waals surface area contributed by atoms with Crippen LogP contribution in [0.5, 0.6) is 0 Å². The van der Waals surface area contributed by atoms with Gasteiger partial charge in [-0.25, -0.2) is 9.48 Å². The number of aromatic carboxylic acids is 1. The summed E-state index contributed by atoms with van der Waals surface area (Å²) in [7, 11) is 0. The summed E-state index contributed by atoms with van der Waals surface area (Å²) < 4.78 is 2.27. The SMILES string of the molecule is Cc1ccc(Br)cc1-n1cc(C)c(=O)c(C(=O)O)n1. The van der Waals surface area contributed by atoms with Crippen molar-refractivity contribution in [3.8, 4) is 5.69 Å². The van der Waals surface area contributed by atoms with E-state index < -0.39 is 17.1 Å². The van der Waals surface area contributed by atoms with Crippen molar-refractivity contribution in [3.05, 3.63) is 55.9 Å². The number of benzene rings is 1.